The maximum atomic E-state index is 14.4. The van der Waals surface area contributed by atoms with Gasteiger partial charge in [-0.1, -0.05) is 60.6 Å². The SMILES string of the molecule is C=C[C@]12CCC(C)(C)CC1C1C(=O)C[C@@H]3[C@@]4(C)C=C(C#N)C(=O)C(C)(C)C4CC[C@@]3(C)[C@]1(C)CC2. The molecule has 0 aromatic rings. The Morgan fingerprint density at radius 1 is 0.943 bits per heavy atom. The fraction of sp³-hybridized carbons (Fsp3) is 0.781. The fourth-order valence-electron chi connectivity index (χ4n) is 10.7. The third-order valence-electron chi connectivity index (χ3n) is 12.9. The van der Waals surface area contributed by atoms with E-state index < -0.39 is 5.41 Å². The molecule has 0 amide bonds. The van der Waals surface area contributed by atoms with E-state index >= 15 is 0 Å². The van der Waals surface area contributed by atoms with Gasteiger partial charge in [0.15, 0.2) is 5.78 Å². The summed E-state index contributed by atoms with van der Waals surface area (Å²) in [5.74, 6) is 1.18. The smallest absolute Gasteiger partial charge is 0.178 e. The highest BCUT2D eigenvalue weighted by molar-refractivity contribution is 6.04. The minimum absolute atomic E-state index is 0.000714. The number of allylic oxidation sites excluding steroid dienone is 3. The summed E-state index contributed by atoms with van der Waals surface area (Å²) >= 11 is 0. The number of Topliss-reactive ketones (excluding diaryl/α,β-unsaturated/α-hetero) is 2. The van der Waals surface area contributed by atoms with Crippen LogP contribution < -0.4 is 0 Å². The minimum Gasteiger partial charge on any atom is -0.299 e. The van der Waals surface area contributed by atoms with Gasteiger partial charge < -0.3 is 0 Å². The van der Waals surface area contributed by atoms with Crippen LogP contribution in [-0.2, 0) is 9.59 Å². The standard InChI is InChI=1S/C32H45NO2/c1-9-32-14-12-27(2,3)18-21(32)25-22(34)16-24-29(6)17-20(19-33)26(35)28(4,5)23(29)10-11-30(24,7)31(25,8)13-15-32/h9,17,21,23-25H,1,10-16,18H2,2-8H3/t21?,23?,24-,25?,29+,30-,31-,32-/m1/s1. The van der Waals surface area contributed by atoms with Gasteiger partial charge in [0.05, 0.1) is 5.57 Å². The minimum atomic E-state index is -0.575. The summed E-state index contributed by atoms with van der Waals surface area (Å²) in [5, 5.41) is 9.87. The Kier molecular flexibility index (Phi) is 5.14. The van der Waals surface area contributed by atoms with E-state index in [2.05, 4.69) is 53.3 Å². The van der Waals surface area contributed by atoms with Crippen molar-refractivity contribution < 1.29 is 9.59 Å². The third kappa shape index (κ3) is 2.95. The molecule has 5 rings (SSSR count). The molecule has 0 heterocycles. The van der Waals surface area contributed by atoms with Crippen molar-refractivity contribution >= 4 is 11.6 Å². The van der Waals surface area contributed by atoms with Crippen LogP contribution in [0.1, 0.15) is 99.8 Å². The molecule has 35 heavy (non-hydrogen) atoms. The molecule has 0 radical (unpaired) electrons. The first-order valence-electron chi connectivity index (χ1n) is 14.0. The number of carbonyl (C=O) groups is 2. The second-order valence-electron chi connectivity index (χ2n) is 15.1. The van der Waals surface area contributed by atoms with Crippen molar-refractivity contribution in [2.24, 2.45) is 56.2 Å². The molecular formula is C32H45NO2. The Labute approximate surface area is 212 Å². The van der Waals surface area contributed by atoms with Gasteiger partial charge in [0.2, 0.25) is 0 Å². The monoisotopic (exact) mass is 475 g/mol. The van der Waals surface area contributed by atoms with E-state index in [1.54, 1.807) is 0 Å². The molecule has 3 heteroatoms. The number of ketones is 2. The normalized spacial score (nSPS) is 49.9. The predicted octanol–water partition coefficient (Wildman–Crippen LogP) is 7.47. The van der Waals surface area contributed by atoms with Gasteiger partial charge in [-0.15, -0.1) is 6.58 Å². The Hall–Kier alpha value is -1.69. The summed E-state index contributed by atoms with van der Waals surface area (Å²) in [6.07, 6.45) is 12.5. The van der Waals surface area contributed by atoms with Crippen molar-refractivity contribution in [2.75, 3.05) is 0 Å². The molecule has 0 saturated heterocycles. The molecule has 5 aliphatic carbocycles. The number of nitrogens with zero attached hydrogens (tertiary/aromatic N) is 1. The van der Waals surface area contributed by atoms with Crippen LogP contribution in [0, 0.1) is 67.5 Å². The molecule has 5 aliphatic rings. The lowest BCUT2D eigenvalue weighted by atomic mass is 9.31. The zero-order chi connectivity index (χ0) is 25.8. The molecule has 0 aliphatic heterocycles. The summed E-state index contributed by atoms with van der Waals surface area (Å²) in [4.78, 5) is 27.6. The van der Waals surface area contributed by atoms with E-state index in [0.29, 0.717) is 23.7 Å². The van der Waals surface area contributed by atoms with Crippen LogP contribution in [0.3, 0.4) is 0 Å². The Bertz CT molecular complexity index is 1070. The maximum absolute atomic E-state index is 14.4. The molecule has 8 atom stereocenters. The third-order valence-corrected chi connectivity index (χ3v) is 12.9. The molecule has 3 unspecified atom stereocenters. The Morgan fingerprint density at radius 2 is 1.60 bits per heavy atom. The number of carbonyl (C=O) groups excluding carboxylic acids is 2. The first-order chi connectivity index (χ1) is 16.1. The second-order valence-corrected chi connectivity index (χ2v) is 15.1. The van der Waals surface area contributed by atoms with Crippen LogP contribution in [0.25, 0.3) is 0 Å². The van der Waals surface area contributed by atoms with Gasteiger partial charge >= 0.3 is 0 Å². The van der Waals surface area contributed by atoms with Gasteiger partial charge in [-0.05, 0) is 89.8 Å². The highest BCUT2D eigenvalue weighted by Gasteiger charge is 2.71. The van der Waals surface area contributed by atoms with Crippen LogP contribution in [0.5, 0.6) is 0 Å². The summed E-state index contributed by atoms with van der Waals surface area (Å²) in [6.45, 7) is 20.3. The molecule has 0 aromatic carbocycles. The average molecular weight is 476 g/mol. The van der Waals surface area contributed by atoms with E-state index in [1.165, 1.54) is 6.42 Å². The summed E-state index contributed by atoms with van der Waals surface area (Å²) in [5.41, 5.74) is -0.313. The number of hydrogen-bond donors (Lipinski definition) is 0. The largest absolute Gasteiger partial charge is 0.299 e. The molecule has 4 saturated carbocycles. The molecule has 0 N–H and O–H groups in total. The Morgan fingerprint density at radius 3 is 2.23 bits per heavy atom. The predicted molar refractivity (Wildman–Crippen MR) is 139 cm³/mol. The zero-order valence-corrected chi connectivity index (χ0v) is 23.1. The topological polar surface area (TPSA) is 57.9 Å². The van der Waals surface area contributed by atoms with Crippen LogP contribution in [0.2, 0.25) is 0 Å². The first-order valence-corrected chi connectivity index (χ1v) is 14.0. The van der Waals surface area contributed by atoms with E-state index in [9.17, 15) is 14.9 Å². The van der Waals surface area contributed by atoms with Gasteiger partial charge in [-0.2, -0.15) is 5.26 Å². The van der Waals surface area contributed by atoms with Crippen molar-refractivity contribution in [1.82, 2.24) is 0 Å². The van der Waals surface area contributed by atoms with Crippen LogP contribution >= 0.6 is 0 Å². The number of hydrogen-bond acceptors (Lipinski definition) is 3. The van der Waals surface area contributed by atoms with Crippen molar-refractivity contribution in [3.8, 4) is 6.07 Å². The molecule has 3 nitrogen and oxygen atoms in total. The molecule has 0 bridgehead atoms. The van der Waals surface area contributed by atoms with Gasteiger partial charge in [-0.3, -0.25) is 9.59 Å². The van der Waals surface area contributed by atoms with Crippen molar-refractivity contribution in [3.63, 3.8) is 0 Å². The van der Waals surface area contributed by atoms with E-state index in [4.69, 9.17) is 0 Å². The van der Waals surface area contributed by atoms with Gasteiger partial charge in [0.25, 0.3) is 0 Å². The molecule has 190 valence electrons. The summed E-state index contributed by atoms with van der Waals surface area (Å²) in [6, 6.07) is 2.23. The number of rotatable bonds is 1. The van der Waals surface area contributed by atoms with Crippen LogP contribution in [-0.4, -0.2) is 11.6 Å². The van der Waals surface area contributed by atoms with Gasteiger partial charge in [-0.25, -0.2) is 0 Å². The fourth-order valence-corrected chi connectivity index (χ4v) is 10.7. The molecule has 0 spiro atoms. The van der Waals surface area contributed by atoms with E-state index in [-0.39, 0.29) is 50.6 Å². The second kappa shape index (κ2) is 7.20. The molecule has 4 fully saturated rings. The summed E-state index contributed by atoms with van der Waals surface area (Å²) < 4.78 is 0. The van der Waals surface area contributed by atoms with Crippen LogP contribution in [0.15, 0.2) is 24.3 Å². The lowest BCUT2D eigenvalue weighted by Gasteiger charge is -2.71. The highest BCUT2D eigenvalue weighted by Crippen LogP contribution is 2.75. The van der Waals surface area contributed by atoms with E-state index in [0.717, 1.165) is 38.5 Å². The number of nitriles is 1. The van der Waals surface area contributed by atoms with Crippen molar-refractivity contribution in [1.29, 1.82) is 5.26 Å². The molecular weight excluding hydrogens is 430 g/mol. The lowest BCUT2D eigenvalue weighted by Crippen LogP contribution is -2.68. The van der Waals surface area contributed by atoms with Crippen molar-refractivity contribution in [3.05, 3.63) is 24.3 Å². The van der Waals surface area contributed by atoms with Gasteiger partial charge in [0.1, 0.15) is 11.9 Å². The molecule has 0 aromatic heterocycles. The Balaban J connectivity index is 1.64. The maximum Gasteiger partial charge on any atom is 0.178 e. The average Bonchev–Trinajstić information content (AvgIpc) is 2.77. The summed E-state index contributed by atoms with van der Waals surface area (Å²) in [7, 11) is 0. The van der Waals surface area contributed by atoms with Gasteiger partial charge in [0, 0.05) is 17.8 Å². The van der Waals surface area contributed by atoms with E-state index in [1.807, 2.05) is 19.9 Å². The lowest BCUT2D eigenvalue weighted by molar-refractivity contribution is -0.217. The quantitative estimate of drug-likeness (QED) is 0.370. The van der Waals surface area contributed by atoms with Crippen molar-refractivity contribution in [2.45, 2.75) is 99.8 Å². The first kappa shape index (κ1) is 25.0. The van der Waals surface area contributed by atoms with Crippen LogP contribution in [0.4, 0.5) is 0 Å². The highest BCUT2D eigenvalue weighted by atomic mass is 16.1. The number of fused-ring (bicyclic) bond motifs is 7. The zero-order valence-electron chi connectivity index (χ0n) is 23.1.